The molecule has 0 amide bonds. The lowest BCUT2D eigenvalue weighted by Crippen LogP contribution is -2.01. The Labute approximate surface area is 85.0 Å². The maximum absolute atomic E-state index is 8.49. The quantitative estimate of drug-likeness (QED) is 0.746. The molecule has 0 aliphatic rings. The van der Waals surface area contributed by atoms with Crippen LogP contribution < -0.4 is 4.74 Å². The highest BCUT2D eigenvalue weighted by atomic mass is 16.5. The van der Waals surface area contributed by atoms with Gasteiger partial charge in [0, 0.05) is 24.8 Å². The van der Waals surface area contributed by atoms with Crippen molar-refractivity contribution >= 4 is 0 Å². The first-order chi connectivity index (χ1) is 6.83. The molecule has 0 aliphatic heterocycles. The number of hydrogen-bond donors (Lipinski definition) is 1. The number of aromatic nitrogens is 2. The zero-order chi connectivity index (χ0) is 10.8. The van der Waals surface area contributed by atoms with E-state index in [0.29, 0.717) is 18.9 Å². The third kappa shape index (κ3) is 5.48. The minimum absolute atomic E-state index is 0.143. The minimum Gasteiger partial charge on any atom is -0.477 e. The second-order valence-corrected chi connectivity index (χ2v) is 2.42. The van der Waals surface area contributed by atoms with Crippen LogP contribution in [0.2, 0.25) is 0 Å². The van der Waals surface area contributed by atoms with E-state index in [0.717, 1.165) is 5.69 Å². The molecule has 4 nitrogen and oxygen atoms in total. The van der Waals surface area contributed by atoms with E-state index in [1.54, 1.807) is 6.07 Å². The summed E-state index contributed by atoms with van der Waals surface area (Å²) in [4.78, 5) is 7.82. The van der Waals surface area contributed by atoms with Crippen molar-refractivity contribution in [1.82, 2.24) is 9.97 Å². The average molecular weight is 198 g/mol. The molecule has 0 aromatic carbocycles. The van der Waals surface area contributed by atoms with E-state index in [4.69, 9.17) is 9.84 Å². The molecule has 0 saturated heterocycles. The van der Waals surface area contributed by atoms with Gasteiger partial charge in [-0.1, -0.05) is 13.8 Å². The van der Waals surface area contributed by atoms with Gasteiger partial charge in [-0.2, -0.15) is 0 Å². The van der Waals surface area contributed by atoms with Crippen LogP contribution >= 0.6 is 0 Å². The predicted octanol–water partition coefficient (Wildman–Crippen LogP) is 1.57. The number of aliphatic hydroxyl groups excluding tert-OH is 1. The standard InChI is InChI=1S/C8H12N2O2.C2H6/c1-7-5-8(10-6-9-7)12-4-2-3-11;1-2/h5-6,11H,2-4H2,1H3;1-2H3. The normalized spacial score (nSPS) is 8.86. The lowest BCUT2D eigenvalue weighted by atomic mass is 10.4. The molecule has 0 saturated carbocycles. The Kier molecular flexibility index (Phi) is 7.74. The van der Waals surface area contributed by atoms with E-state index in [2.05, 4.69) is 9.97 Å². The van der Waals surface area contributed by atoms with E-state index < -0.39 is 0 Å². The highest BCUT2D eigenvalue weighted by molar-refractivity contribution is 5.11. The largest absolute Gasteiger partial charge is 0.477 e. The van der Waals surface area contributed by atoms with Crippen LogP contribution in [-0.4, -0.2) is 28.3 Å². The summed E-state index contributed by atoms with van der Waals surface area (Å²) in [5.74, 6) is 0.566. The summed E-state index contributed by atoms with van der Waals surface area (Å²) in [6.07, 6.45) is 2.09. The molecule has 0 spiro atoms. The van der Waals surface area contributed by atoms with Gasteiger partial charge >= 0.3 is 0 Å². The molecule has 4 heteroatoms. The van der Waals surface area contributed by atoms with E-state index >= 15 is 0 Å². The van der Waals surface area contributed by atoms with Gasteiger partial charge in [0.1, 0.15) is 6.33 Å². The summed E-state index contributed by atoms with van der Waals surface area (Å²) in [7, 11) is 0. The molecule has 14 heavy (non-hydrogen) atoms. The second-order valence-electron chi connectivity index (χ2n) is 2.42. The molecule has 0 radical (unpaired) electrons. The Morgan fingerprint density at radius 1 is 1.36 bits per heavy atom. The molecule has 1 heterocycles. The van der Waals surface area contributed by atoms with Gasteiger partial charge in [0.2, 0.25) is 5.88 Å². The van der Waals surface area contributed by atoms with Gasteiger partial charge in [0.15, 0.2) is 0 Å². The SMILES string of the molecule is CC.Cc1cc(OCCCO)ncn1. The lowest BCUT2D eigenvalue weighted by Gasteiger charge is -2.02. The molecule has 0 aliphatic carbocycles. The van der Waals surface area contributed by atoms with Gasteiger partial charge < -0.3 is 9.84 Å². The summed E-state index contributed by atoms with van der Waals surface area (Å²) >= 11 is 0. The Morgan fingerprint density at radius 3 is 2.64 bits per heavy atom. The van der Waals surface area contributed by atoms with Crippen LogP contribution in [0.15, 0.2) is 12.4 Å². The monoisotopic (exact) mass is 198 g/mol. The number of nitrogens with zero attached hydrogens (tertiary/aromatic N) is 2. The van der Waals surface area contributed by atoms with Crippen molar-refractivity contribution < 1.29 is 9.84 Å². The zero-order valence-corrected chi connectivity index (χ0v) is 9.03. The van der Waals surface area contributed by atoms with Gasteiger partial charge in [-0.25, -0.2) is 9.97 Å². The van der Waals surface area contributed by atoms with Crippen LogP contribution in [0, 0.1) is 6.92 Å². The van der Waals surface area contributed by atoms with Crippen LogP contribution in [0.25, 0.3) is 0 Å². The molecule has 0 fully saturated rings. The predicted molar refractivity (Wildman–Crippen MR) is 55.3 cm³/mol. The van der Waals surface area contributed by atoms with Crippen molar-refractivity contribution in [2.24, 2.45) is 0 Å². The Bertz CT molecular complexity index is 241. The number of rotatable bonds is 4. The zero-order valence-electron chi connectivity index (χ0n) is 9.03. The first-order valence-corrected chi connectivity index (χ1v) is 4.85. The maximum atomic E-state index is 8.49. The lowest BCUT2D eigenvalue weighted by molar-refractivity contribution is 0.229. The van der Waals surface area contributed by atoms with E-state index in [9.17, 15) is 0 Å². The first-order valence-electron chi connectivity index (χ1n) is 4.85. The summed E-state index contributed by atoms with van der Waals surface area (Å²) in [6.45, 7) is 6.51. The Morgan fingerprint density at radius 2 is 2.07 bits per heavy atom. The molecule has 0 unspecified atom stereocenters. The number of aryl methyl sites for hydroxylation is 1. The van der Waals surface area contributed by atoms with Crippen LogP contribution in [0.5, 0.6) is 5.88 Å². The topological polar surface area (TPSA) is 55.2 Å². The summed E-state index contributed by atoms with van der Waals surface area (Å²) in [5, 5.41) is 8.49. The number of hydrogen-bond acceptors (Lipinski definition) is 4. The Hall–Kier alpha value is -1.16. The van der Waals surface area contributed by atoms with E-state index in [-0.39, 0.29) is 6.61 Å². The third-order valence-corrected chi connectivity index (χ3v) is 1.33. The molecule has 1 aromatic heterocycles. The molecule has 80 valence electrons. The van der Waals surface area contributed by atoms with Gasteiger partial charge in [0.05, 0.1) is 6.61 Å². The van der Waals surface area contributed by atoms with Gasteiger partial charge in [-0.3, -0.25) is 0 Å². The summed E-state index contributed by atoms with van der Waals surface area (Å²) < 4.78 is 5.22. The number of ether oxygens (including phenoxy) is 1. The van der Waals surface area contributed by atoms with Crippen molar-refractivity contribution in [3.63, 3.8) is 0 Å². The Balaban J connectivity index is 0.000000791. The minimum atomic E-state index is 0.143. The molecule has 0 atom stereocenters. The molecule has 1 N–H and O–H groups in total. The van der Waals surface area contributed by atoms with Gasteiger partial charge in [-0.05, 0) is 6.92 Å². The fraction of sp³-hybridized carbons (Fsp3) is 0.600. The highest BCUT2D eigenvalue weighted by Crippen LogP contribution is 2.05. The van der Waals surface area contributed by atoms with E-state index in [1.165, 1.54) is 6.33 Å². The van der Waals surface area contributed by atoms with Crippen LogP contribution in [0.3, 0.4) is 0 Å². The van der Waals surface area contributed by atoms with Gasteiger partial charge in [0.25, 0.3) is 0 Å². The van der Waals surface area contributed by atoms with Crippen molar-refractivity contribution in [3.05, 3.63) is 18.1 Å². The van der Waals surface area contributed by atoms with Crippen LogP contribution in [0.4, 0.5) is 0 Å². The highest BCUT2D eigenvalue weighted by Gasteiger charge is 1.94. The molecule has 1 aromatic rings. The smallest absolute Gasteiger partial charge is 0.216 e. The van der Waals surface area contributed by atoms with Crippen molar-refractivity contribution in [2.75, 3.05) is 13.2 Å². The summed E-state index contributed by atoms with van der Waals surface area (Å²) in [5.41, 5.74) is 0.879. The van der Waals surface area contributed by atoms with E-state index in [1.807, 2.05) is 20.8 Å². The second kappa shape index (κ2) is 8.44. The van der Waals surface area contributed by atoms with Crippen molar-refractivity contribution in [3.8, 4) is 5.88 Å². The first kappa shape index (κ1) is 12.8. The third-order valence-electron chi connectivity index (χ3n) is 1.33. The fourth-order valence-corrected chi connectivity index (χ4v) is 0.750. The molecular formula is C10H18N2O2. The molecular weight excluding hydrogens is 180 g/mol. The summed E-state index contributed by atoms with van der Waals surface area (Å²) in [6, 6.07) is 1.76. The average Bonchev–Trinajstić information content (AvgIpc) is 2.21. The van der Waals surface area contributed by atoms with Crippen LogP contribution in [-0.2, 0) is 0 Å². The van der Waals surface area contributed by atoms with Crippen LogP contribution in [0.1, 0.15) is 26.0 Å². The maximum Gasteiger partial charge on any atom is 0.216 e. The van der Waals surface area contributed by atoms with Crippen molar-refractivity contribution in [2.45, 2.75) is 27.2 Å². The fourth-order valence-electron chi connectivity index (χ4n) is 0.750. The number of aliphatic hydroxyl groups is 1. The van der Waals surface area contributed by atoms with Crippen molar-refractivity contribution in [1.29, 1.82) is 0 Å². The molecule has 1 rings (SSSR count). The van der Waals surface area contributed by atoms with Gasteiger partial charge in [-0.15, -0.1) is 0 Å². The molecule has 0 bridgehead atoms.